The van der Waals surface area contributed by atoms with E-state index in [9.17, 15) is 4.79 Å². The molecule has 1 aromatic carbocycles. The van der Waals surface area contributed by atoms with Gasteiger partial charge in [0.05, 0.1) is 27.7 Å². The third-order valence-electron chi connectivity index (χ3n) is 4.65. The first-order chi connectivity index (χ1) is 14.7. The molecule has 148 valence electrons. The Hall–Kier alpha value is -3.85. The van der Waals surface area contributed by atoms with Gasteiger partial charge in [0.25, 0.3) is 5.91 Å². The van der Waals surface area contributed by atoms with Crippen molar-refractivity contribution in [3.05, 3.63) is 66.0 Å². The van der Waals surface area contributed by atoms with E-state index in [4.69, 9.17) is 9.40 Å². The highest BCUT2D eigenvalue weighted by Gasteiger charge is 2.18. The van der Waals surface area contributed by atoms with Crippen LogP contribution in [-0.4, -0.2) is 30.9 Å². The van der Waals surface area contributed by atoms with Crippen molar-refractivity contribution in [1.82, 2.24) is 25.0 Å². The molecule has 5 aromatic rings. The van der Waals surface area contributed by atoms with E-state index in [1.54, 1.807) is 28.3 Å². The maximum Gasteiger partial charge on any atom is 0.256 e. The minimum Gasteiger partial charge on any atom is -0.423 e. The van der Waals surface area contributed by atoms with E-state index < -0.39 is 0 Å². The lowest BCUT2D eigenvalue weighted by atomic mass is 10.1. The Balaban J connectivity index is 1.55. The standard InChI is InChI=1S/C21H16N6O2S/c1-2-27-19-16(11-23-27)15(10-17(25-19)18-7-4-8-30-18)20(28)24-14-6-3-5-13(9-14)21-26-22-12-29-21/h3-12H,2H2,1H3,(H,24,28). The number of benzene rings is 1. The Kier molecular flexibility index (Phi) is 4.56. The fourth-order valence-electron chi connectivity index (χ4n) is 3.24. The van der Waals surface area contributed by atoms with Gasteiger partial charge >= 0.3 is 0 Å². The van der Waals surface area contributed by atoms with E-state index in [1.807, 2.05) is 48.7 Å². The number of pyridine rings is 1. The first-order valence-corrected chi connectivity index (χ1v) is 10.2. The lowest BCUT2D eigenvalue weighted by molar-refractivity contribution is 0.102. The largest absolute Gasteiger partial charge is 0.423 e. The number of anilines is 1. The second-order valence-corrected chi connectivity index (χ2v) is 7.46. The molecule has 0 bridgehead atoms. The summed E-state index contributed by atoms with van der Waals surface area (Å²) < 4.78 is 7.03. The predicted molar refractivity (Wildman–Crippen MR) is 114 cm³/mol. The zero-order valence-corrected chi connectivity index (χ0v) is 16.8. The summed E-state index contributed by atoms with van der Waals surface area (Å²) in [7, 11) is 0. The zero-order valence-electron chi connectivity index (χ0n) is 15.9. The Bertz CT molecular complexity index is 1330. The fraction of sp³-hybridized carbons (Fsp3) is 0.0952. The summed E-state index contributed by atoms with van der Waals surface area (Å²) in [4.78, 5) is 19.0. The number of carbonyl (C=O) groups excluding carboxylic acids is 1. The smallest absolute Gasteiger partial charge is 0.256 e. The second kappa shape index (κ2) is 7.53. The van der Waals surface area contributed by atoms with Crippen molar-refractivity contribution < 1.29 is 9.21 Å². The third kappa shape index (κ3) is 3.25. The van der Waals surface area contributed by atoms with E-state index in [0.717, 1.165) is 16.1 Å². The van der Waals surface area contributed by atoms with Crippen molar-refractivity contribution >= 4 is 34.0 Å². The van der Waals surface area contributed by atoms with Crippen LogP contribution >= 0.6 is 11.3 Å². The van der Waals surface area contributed by atoms with Gasteiger partial charge < -0.3 is 9.73 Å². The van der Waals surface area contributed by atoms with Crippen molar-refractivity contribution in [2.24, 2.45) is 0 Å². The maximum atomic E-state index is 13.2. The Morgan fingerprint density at radius 3 is 2.93 bits per heavy atom. The fourth-order valence-corrected chi connectivity index (χ4v) is 3.93. The van der Waals surface area contributed by atoms with Gasteiger partial charge in [-0.15, -0.1) is 21.5 Å². The molecule has 0 unspecified atom stereocenters. The lowest BCUT2D eigenvalue weighted by Crippen LogP contribution is -2.13. The van der Waals surface area contributed by atoms with Gasteiger partial charge in [-0.2, -0.15) is 5.10 Å². The molecule has 0 aliphatic rings. The zero-order chi connectivity index (χ0) is 20.5. The summed E-state index contributed by atoms with van der Waals surface area (Å²) in [5.41, 5.74) is 3.31. The van der Waals surface area contributed by atoms with Gasteiger partial charge in [0.15, 0.2) is 5.65 Å². The molecule has 0 atom stereocenters. The highest BCUT2D eigenvalue weighted by molar-refractivity contribution is 7.13. The molecule has 0 aliphatic carbocycles. The molecule has 0 fully saturated rings. The summed E-state index contributed by atoms with van der Waals surface area (Å²) in [6, 6.07) is 13.0. The van der Waals surface area contributed by atoms with Gasteiger partial charge in [0.1, 0.15) is 0 Å². The predicted octanol–water partition coefficient (Wildman–Crippen LogP) is 4.48. The topological polar surface area (TPSA) is 98.7 Å². The average molecular weight is 416 g/mol. The number of hydrogen-bond donors (Lipinski definition) is 1. The van der Waals surface area contributed by atoms with Crippen molar-refractivity contribution in [3.8, 4) is 22.0 Å². The molecule has 1 N–H and O–H groups in total. The number of amides is 1. The van der Waals surface area contributed by atoms with Crippen LogP contribution in [0.1, 0.15) is 17.3 Å². The molecule has 0 aliphatic heterocycles. The molecular weight excluding hydrogens is 400 g/mol. The molecular formula is C21H16N6O2S. The molecule has 4 aromatic heterocycles. The first-order valence-electron chi connectivity index (χ1n) is 9.31. The summed E-state index contributed by atoms with van der Waals surface area (Å²) in [6.07, 6.45) is 2.96. The van der Waals surface area contributed by atoms with E-state index >= 15 is 0 Å². The van der Waals surface area contributed by atoms with Crippen LogP contribution < -0.4 is 5.32 Å². The summed E-state index contributed by atoms with van der Waals surface area (Å²) >= 11 is 1.58. The summed E-state index contributed by atoms with van der Waals surface area (Å²) in [5.74, 6) is 0.153. The highest BCUT2D eigenvalue weighted by atomic mass is 32.1. The van der Waals surface area contributed by atoms with Crippen LogP contribution in [0.25, 0.3) is 33.1 Å². The normalized spacial score (nSPS) is 11.1. The monoisotopic (exact) mass is 416 g/mol. The number of nitrogens with one attached hydrogen (secondary N) is 1. The molecule has 30 heavy (non-hydrogen) atoms. The molecule has 0 spiro atoms. The van der Waals surface area contributed by atoms with Crippen molar-refractivity contribution in [1.29, 1.82) is 0 Å². The van der Waals surface area contributed by atoms with Gasteiger partial charge in [-0.05, 0) is 42.6 Å². The molecule has 0 saturated carbocycles. The average Bonchev–Trinajstić information content (AvgIpc) is 3.54. The number of carbonyl (C=O) groups is 1. The molecule has 5 rings (SSSR count). The summed E-state index contributed by atoms with van der Waals surface area (Å²) in [5, 5.41) is 17.7. The Morgan fingerprint density at radius 1 is 1.23 bits per heavy atom. The van der Waals surface area contributed by atoms with Crippen molar-refractivity contribution in [2.45, 2.75) is 13.5 Å². The number of nitrogens with zero attached hydrogens (tertiary/aromatic N) is 5. The number of fused-ring (bicyclic) bond motifs is 1. The molecule has 1 amide bonds. The summed E-state index contributed by atoms with van der Waals surface area (Å²) in [6.45, 7) is 2.66. The quantitative estimate of drug-likeness (QED) is 0.453. The van der Waals surface area contributed by atoms with Crippen LogP contribution in [0.2, 0.25) is 0 Å². The molecule has 0 saturated heterocycles. The number of thiophene rings is 1. The number of aromatic nitrogens is 5. The first kappa shape index (κ1) is 18.2. The third-order valence-corrected chi connectivity index (χ3v) is 5.55. The lowest BCUT2D eigenvalue weighted by Gasteiger charge is -2.09. The van der Waals surface area contributed by atoms with E-state index in [-0.39, 0.29) is 5.91 Å². The SMILES string of the molecule is CCn1ncc2c(C(=O)Nc3cccc(-c4nnco4)c3)cc(-c3cccs3)nc21. The van der Waals surface area contributed by atoms with E-state index in [1.165, 1.54) is 6.39 Å². The van der Waals surface area contributed by atoms with Gasteiger partial charge in [-0.3, -0.25) is 4.79 Å². The highest BCUT2D eigenvalue weighted by Crippen LogP contribution is 2.29. The van der Waals surface area contributed by atoms with Crippen LogP contribution in [0, 0.1) is 0 Å². The van der Waals surface area contributed by atoms with Gasteiger partial charge in [-0.1, -0.05) is 12.1 Å². The van der Waals surface area contributed by atoms with Gasteiger partial charge in [-0.25, -0.2) is 9.67 Å². The van der Waals surface area contributed by atoms with E-state index in [0.29, 0.717) is 34.7 Å². The Labute approximate surface area is 175 Å². The minimum atomic E-state index is -0.237. The van der Waals surface area contributed by atoms with E-state index in [2.05, 4.69) is 20.6 Å². The maximum absolute atomic E-state index is 13.2. The van der Waals surface area contributed by atoms with Crippen molar-refractivity contribution in [2.75, 3.05) is 5.32 Å². The number of hydrogen-bond acceptors (Lipinski definition) is 7. The van der Waals surface area contributed by atoms with Crippen LogP contribution in [0.5, 0.6) is 0 Å². The van der Waals surface area contributed by atoms with Crippen molar-refractivity contribution in [3.63, 3.8) is 0 Å². The van der Waals surface area contributed by atoms with Crippen LogP contribution in [0.15, 0.2) is 64.9 Å². The Morgan fingerprint density at radius 2 is 2.17 bits per heavy atom. The second-order valence-electron chi connectivity index (χ2n) is 6.51. The molecule has 0 radical (unpaired) electrons. The van der Waals surface area contributed by atoms with Crippen LogP contribution in [0.4, 0.5) is 5.69 Å². The number of aryl methyl sites for hydroxylation is 1. The molecule has 4 heterocycles. The number of rotatable bonds is 5. The van der Waals surface area contributed by atoms with Gasteiger partial charge in [0, 0.05) is 17.8 Å². The molecule has 9 heteroatoms. The van der Waals surface area contributed by atoms with Crippen LogP contribution in [0.3, 0.4) is 0 Å². The molecule has 8 nitrogen and oxygen atoms in total. The minimum absolute atomic E-state index is 0.237. The van der Waals surface area contributed by atoms with Gasteiger partial charge in [0.2, 0.25) is 12.3 Å². The van der Waals surface area contributed by atoms with Crippen LogP contribution in [-0.2, 0) is 6.54 Å².